The maximum atomic E-state index is 5.88. The molecule has 0 saturated carbocycles. The molecule has 1 saturated heterocycles. The summed E-state index contributed by atoms with van der Waals surface area (Å²) in [6.45, 7) is 3.73. The molecule has 3 aromatic heterocycles. The highest BCUT2D eigenvalue weighted by Crippen LogP contribution is 2.31. The molecule has 9 heteroatoms. The highest BCUT2D eigenvalue weighted by Gasteiger charge is 2.22. The van der Waals surface area contributed by atoms with Gasteiger partial charge in [0, 0.05) is 23.4 Å². The molecule has 1 aromatic carbocycles. The number of aromatic nitrogens is 4. The molecule has 0 amide bonds. The summed E-state index contributed by atoms with van der Waals surface area (Å²) >= 11 is 4.99. The first-order chi connectivity index (χ1) is 15.3. The van der Waals surface area contributed by atoms with Crippen LogP contribution in [-0.2, 0) is 17.0 Å². The van der Waals surface area contributed by atoms with Crippen molar-refractivity contribution in [2.45, 2.75) is 43.3 Å². The van der Waals surface area contributed by atoms with Crippen molar-refractivity contribution in [2.24, 2.45) is 0 Å². The molecule has 0 spiro atoms. The fourth-order valence-corrected chi connectivity index (χ4v) is 5.92. The van der Waals surface area contributed by atoms with Gasteiger partial charge < -0.3 is 10.1 Å². The lowest BCUT2D eigenvalue weighted by Gasteiger charge is -2.14. The number of hydrogen-bond donors (Lipinski definition) is 1. The van der Waals surface area contributed by atoms with Gasteiger partial charge in [-0.3, -0.25) is 4.57 Å². The van der Waals surface area contributed by atoms with Crippen molar-refractivity contribution in [3.63, 3.8) is 0 Å². The first-order valence-electron chi connectivity index (χ1n) is 10.2. The van der Waals surface area contributed by atoms with Crippen molar-refractivity contribution in [1.82, 2.24) is 19.7 Å². The third-order valence-corrected chi connectivity index (χ3v) is 7.83. The summed E-state index contributed by atoms with van der Waals surface area (Å²) in [5.74, 6) is 1.67. The monoisotopic (exact) mass is 469 g/mol. The molecule has 4 aromatic rings. The molecule has 5 rings (SSSR count). The number of para-hydroxylation sites is 1. The summed E-state index contributed by atoms with van der Waals surface area (Å²) < 4.78 is 8.10. The van der Waals surface area contributed by atoms with Crippen LogP contribution in [0, 0.1) is 6.92 Å². The van der Waals surface area contributed by atoms with Crippen LogP contribution in [0.4, 0.5) is 10.8 Å². The van der Waals surface area contributed by atoms with Gasteiger partial charge in [-0.1, -0.05) is 36.0 Å². The maximum absolute atomic E-state index is 5.88. The smallest absolute Gasteiger partial charge is 0.191 e. The van der Waals surface area contributed by atoms with Crippen molar-refractivity contribution >= 4 is 45.3 Å². The molecule has 1 aliphatic heterocycles. The second kappa shape index (κ2) is 9.52. The number of hydrogen-bond acceptors (Lipinski definition) is 8. The number of aryl methyl sites for hydroxylation is 1. The lowest BCUT2D eigenvalue weighted by molar-refractivity contribution is 0.0953. The molecule has 0 radical (unpaired) electrons. The second-order valence-electron chi connectivity index (χ2n) is 7.40. The van der Waals surface area contributed by atoms with E-state index in [-0.39, 0.29) is 6.10 Å². The Bertz CT molecular complexity index is 1130. The van der Waals surface area contributed by atoms with Gasteiger partial charge in [-0.15, -0.1) is 32.9 Å². The fourth-order valence-electron chi connectivity index (χ4n) is 3.54. The van der Waals surface area contributed by atoms with Crippen LogP contribution in [0.2, 0.25) is 0 Å². The van der Waals surface area contributed by atoms with Gasteiger partial charge in [-0.25, -0.2) is 4.98 Å². The Kier molecular flexibility index (Phi) is 6.35. The highest BCUT2D eigenvalue weighted by molar-refractivity contribution is 7.98. The molecule has 0 aliphatic carbocycles. The van der Waals surface area contributed by atoms with Crippen molar-refractivity contribution in [3.05, 3.63) is 58.4 Å². The Hall–Kier alpha value is -2.20. The number of ether oxygens (including phenoxy) is 1. The molecule has 1 aliphatic rings. The molecule has 4 heterocycles. The Labute approximate surface area is 193 Å². The van der Waals surface area contributed by atoms with Crippen LogP contribution in [-0.4, -0.2) is 32.5 Å². The molecule has 1 N–H and O–H groups in total. The first kappa shape index (κ1) is 20.7. The molecule has 1 fully saturated rings. The number of benzene rings is 1. The summed E-state index contributed by atoms with van der Waals surface area (Å²) in [6.07, 6.45) is 2.45. The number of thioether (sulfide) groups is 1. The minimum atomic E-state index is 0.234. The fraction of sp³-hybridized carbons (Fsp3) is 0.318. The van der Waals surface area contributed by atoms with Gasteiger partial charge in [0.2, 0.25) is 0 Å². The molecular weight excluding hydrogens is 446 g/mol. The van der Waals surface area contributed by atoms with Crippen LogP contribution in [0.15, 0.2) is 52.3 Å². The largest absolute Gasteiger partial charge is 0.376 e. The van der Waals surface area contributed by atoms with Crippen LogP contribution in [0.3, 0.4) is 0 Å². The zero-order valence-corrected chi connectivity index (χ0v) is 19.6. The third-order valence-electron chi connectivity index (χ3n) is 5.16. The van der Waals surface area contributed by atoms with E-state index in [1.54, 1.807) is 34.4 Å². The summed E-state index contributed by atoms with van der Waals surface area (Å²) in [6, 6.07) is 12.4. The van der Waals surface area contributed by atoms with E-state index in [4.69, 9.17) is 9.72 Å². The number of nitrogens with zero attached hydrogens (tertiary/aromatic N) is 4. The molecule has 0 bridgehead atoms. The van der Waals surface area contributed by atoms with Crippen LogP contribution in [0.25, 0.3) is 10.7 Å². The predicted octanol–water partition coefficient (Wildman–Crippen LogP) is 5.99. The second-order valence-corrected chi connectivity index (χ2v) is 10.2. The summed E-state index contributed by atoms with van der Waals surface area (Å²) in [4.78, 5) is 5.89. The SMILES string of the molecule is Cc1ccccc1Nc1nc(CSc2nnc(-c3cccs3)n2CC2CCCO2)cs1. The van der Waals surface area contributed by atoms with E-state index < -0.39 is 0 Å². The molecular formula is C22H23N5OS3. The van der Waals surface area contributed by atoms with Gasteiger partial charge in [0.25, 0.3) is 0 Å². The zero-order chi connectivity index (χ0) is 21.0. The van der Waals surface area contributed by atoms with Gasteiger partial charge in [0.15, 0.2) is 16.1 Å². The Morgan fingerprint density at radius 2 is 2.13 bits per heavy atom. The summed E-state index contributed by atoms with van der Waals surface area (Å²) in [5.41, 5.74) is 3.33. The van der Waals surface area contributed by atoms with E-state index in [1.165, 1.54) is 5.56 Å². The van der Waals surface area contributed by atoms with E-state index >= 15 is 0 Å². The first-order valence-corrected chi connectivity index (χ1v) is 13.0. The van der Waals surface area contributed by atoms with E-state index in [1.807, 2.05) is 12.1 Å². The van der Waals surface area contributed by atoms with Crippen molar-refractivity contribution in [2.75, 3.05) is 11.9 Å². The Balaban J connectivity index is 1.30. The summed E-state index contributed by atoms with van der Waals surface area (Å²) in [7, 11) is 0. The Morgan fingerprint density at radius 1 is 1.19 bits per heavy atom. The number of thiazole rings is 1. The van der Waals surface area contributed by atoms with Gasteiger partial charge >= 0.3 is 0 Å². The average molecular weight is 470 g/mol. The van der Waals surface area contributed by atoms with E-state index in [2.05, 4.69) is 62.0 Å². The number of nitrogens with one attached hydrogen (secondary N) is 1. The highest BCUT2D eigenvalue weighted by atomic mass is 32.2. The van der Waals surface area contributed by atoms with Crippen molar-refractivity contribution < 1.29 is 4.74 Å². The molecule has 6 nitrogen and oxygen atoms in total. The number of anilines is 2. The van der Waals surface area contributed by atoms with Gasteiger partial charge in [0.05, 0.1) is 23.2 Å². The number of rotatable bonds is 8. The minimum Gasteiger partial charge on any atom is -0.376 e. The third kappa shape index (κ3) is 4.85. The van der Waals surface area contributed by atoms with Gasteiger partial charge in [0.1, 0.15) is 0 Å². The topological polar surface area (TPSA) is 64.9 Å². The van der Waals surface area contributed by atoms with Crippen LogP contribution in [0.5, 0.6) is 0 Å². The van der Waals surface area contributed by atoms with Crippen molar-refractivity contribution in [3.8, 4) is 10.7 Å². The molecule has 160 valence electrons. The quantitative estimate of drug-likeness (QED) is 0.320. The number of thiophene rings is 1. The lowest BCUT2D eigenvalue weighted by Crippen LogP contribution is -2.16. The van der Waals surface area contributed by atoms with Gasteiger partial charge in [-0.05, 0) is 42.8 Å². The van der Waals surface area contributed by atoms with E-state index in [0.29, 0.717) is 0 Å². The average Bonchev–Trinajstić information content (AvgIpc) is 3.57. The maximum Gasteiger partial charge on any atom is 0.191 e. The lowest BCUT2D eigenvalue weighted by atomic mass is 10.2. The zero-order valence-electron chi connectivity index (χ0n) is 17.2. The van der Waals surface area contributed by atoms with Crippen molar-refractivity contribution in [1.29, 1.82) is 0 Å². The van der Waals surface area contributed by atoms with Crippen LogP contribution in [0.1, 0.15) is 24.1 Å². The molecule has 31 heavy (non-hydrogen) atoms. The molecule has 1 atom stereocenters. The Morgan fingerprint density at radius 3 is 2.94 bits per heavy atom. The van der Waals surface area contributed by atoms with E-state index in [0.717, 1.165) is 64.1 Å². The normalized spacial score (nSPS) is 16.1. The van der Waals surface area contributed by atoms with Crippen LogP contribution < -0.4 is 5.32 Å². The standard InChI is InChI=1S/C22H23N5OS3/c1-15-6-2-3-8-18(15)24-21-23-16(13-30-21)14-31-22-26-25-20(19-9-5-11-29-19)27(22)12-17-7-4-10-28-17/h2-3,5-6,8-9,11,13,17H,4,7,10,12,14H2,1H3,(H,23,24). The predicted molar refractivity (Wildman–Crippen MR) is 128 cm³/mol. The minimum absolute atomic E-state index is 0.234. The van der Waals surface area contributed by atoms with E-state index in [9.17, 15) is 0 Å². The molecule has 1 unspecified atom stereocenters. The van der Waals surface area contributed by atoms with Gasteiger partial charge in [-0.2, -0.15) is 0 Å². The van der Waals surface area contributed by atoms with Crippen LogP contribution >= 0.6 is 34.4 Å². The summed E-state index contributed by atoms with van der Waals surface area (Å²) in [5, 5.41) is 18.4.